The standard InChI is InChI=1S/C27H20N4O2/c32-27(31-21-9-11-22(12-10-21)33-23-13-16-28-17-14-23)19-5-7-20(8-6-19)30-26-15-18-29-25-4-2-1-3-24(25)26/h1-18H,(H,29,30)(H,31,32). The summed E-state index contributed by atoms with van der Waals surface area (Å²) in [5, 5.41) is 7.35. The number of carbonyl (C=O) groups is 1. The normalized spacial score (nSPS) is 10.5. The summed E-state index contributed by atoms with van der Waals surface area (Å²) in [4.78, 5) is 21.0. The van der Waals surface area contributed by atoms with Gasteiger partial charge < -0.3 is 15.4 Å². The molecular weight excluding hydrogens is 412 g/mol. The van der Waals surface area contributed by atoms with E-state index in [1.165, 1.54) is 0 Å². The molecule has 6 nitrogen and oxygen atoms in total. The maximum atomic E-state index is 12.7. The summed E-state index contributed by atoms with van der Waals surface area (Å²) in [7, 11) is 0. The van der Waals surface area contributed by atoms with Crippen LogP contribution in [0, 0.1) is 0 Å². The Morgan fingerprint density at radius 1 is 0.697 bits per heavy atom. The van der Waals surface area contributed by atoms with E-state index in [9.17, 15) is 4.79 Å². The number of ether oxygens (including phenoxy) is 1. The molecule has 3 aromatic carbocycles. The van der Waals surface area contributed by atoms with Crippen molar-refractivity contribution < 1.29 is 9.53 Å². The molecule has 0 aliphatic rings. The minimum Gasteiger partial charge on any atom is -0.457 e. The molecule has 0 radical (unpaired) electrons. The van der Waals surface area contributed by atoms with E-state index in [4.69, 9.17) is 4.74 Å². The van der Waals surface area contributed by atoms with E-state index in [0.717, 1.165) is 22.3 Å². The summed E-state index contributed by atoms with van der Waals surface area (Å²) in [6.45, 7) is 0. The van der Waals surface area contributed by atoms with Crippen molar-refractivity contribution in [1.29, 1.82) is 0 Å². The molecule has 0 saturated heterocycles. The Kier molecular flexibility index (Phi) is 5.63. The number of hydrogen-bond donors (Lipinski definition) is 2. The molecule has 0 aliphatic carbocycles. The number of fused-ring (bicyclic) bond motifs is 1. The van der Waals surface area contributed by atoms with E-state index < -0.39 is 0 Å². The quantitative estimate of drug-likeness (QED) is 0.324. The first-order chi connectivity index (χ1) is 16.2. The molecule has 2 heterocycles. The van der Waals surface area contributed by atoms with Gasteiger partial charge in [0.1, 0.15) is 11.5 Å². The fraction of sp³-hybridized carbons (Fsp3) is 0. The van der Waals surface area contributed by atoms with Gasteiger partial charge in [-0.2, -0.15) is 0 Å². The van der Waals surface area contributed by atoms with Crippen LogP contribution in [0.25, 0.3) is 10.9 Å². The summed E-state index contributed by atoms with van der Waals surface area (Å²) in [6.07, 6.45) is 5.12. The molecule has 5 aromatic rings. The third kappa shape index (κ3) is 4.80. The van der Waals surface area contributed by atoms with Crippen molar-refractivity contribution in [3.63, 3.8) is 0 Å². The monoisotopic (exact) mass is 432 g/mol. The fourth-order valence-electron chi connectivity index (χ4n) is 3.42. The number of nitrogens with zero attached hydrogens (tertiary/aromatic N) is 2. The Morgan fingerprint density at radius 2 is 1.39 bits per heavy atom. The first kappa shape index (κ1) is 20.2. The highest BCUT2D eigenvalue weighted by Gasteiger charge is 2.08. The number of hydrogen-bond acceptors (Lipinski definition) is 5. The van der Waals surface area contributed by atoms with Crippen LogP contribution in [0.15, 0.2) is 110 Å². The molecule has 0 unspecified atom stereocenters. The summed E-state index contributed by atoms with van der Waals surface area (Å²) >= 11 is 0. The van der Waals surface area contributed by atoms with Crippen molar-refractivity contribution >= 4 is 33.9 Å². The van der Waals surface area contributed by atoms with Gasteiger partial charge in [0.15, 0.2) is 0 Å². The summed E-state index contributed by atoms with van der Waals surface area (Å²) in [5.74, 6) is 1.20. The molecule has 0 spiro atoms. The lowest BCUT2D eigenvalue weighted by Gasteiger charge is -2.11. The van der Waals surface area contributed by atoms with Crippen molar-refractivity contribution in [2.45, 2.75) is 0 Å². The Hall–Kier alpha value is -4.71. The van der Waals surface area contributed by atoms with Gasteiger partial charge in [-0.25, -0.2) is 0 Å². The topological polar surface area (TPSA) is 76.1 Å². The molecule has 0 atom stereocenters. The number of nitrogens with one attached hydrogen (secondary N) is 2. The van der Waals surface area contributed by atoms with Crippen LogP contribution in [0.1, 0.15) is 10.4 Å². The average molecular weight is 432 g/mol. The van der Waals surface area contributed by atoms with Gasteiger partial charge in [0.05, 0.1) is 5.52 Å². The maximum absolute atomic E-state index is 12.7. The molecule has 2 N–H and O–H groups in total. The average Bonchev–Trinajstić information content (AvgIpc) is 2.86. The predicted molar refractivity (Wildman–Crippen MR) is 130 cm³/mol. The zero-order valence-corrected chi connectivity index (χ0v) is 17.6. The van der Waals surface area contributed by atoms with Gasteiger partial charge in [0.25, 0.3) is 5.91 Å². The first-order valence-electron chi connectivity index (χ1n) is 10.4. The van der Waals surface area contributed by atoms with Crippen LogP contribution >= 0.6 is 0 Å². The van der Waals surface area contributed by atoms with Crippen LogP contribution in [0.2, 0.25) is 0 Å². The number of benzene rings is 3. The fourth-order valence-corrected chi connectivity index (χ4v) is 3.42. The summed E-state index contributed by atoms with van der Waals surface area (Å²) in [5.41, 5.74) is 4.04. The van der Waals surface area contributed by atoms with E-state index in [-0.39, 0.29) is 5.91 Å². The molecule has 5 rings (SSSR count). The number of para-hydroxylation sites is 1. The van der Waals surface area contributed by atoms with E-state index in [0.29, 0.717) is 22.7 Å². The highest BCUT2D eigenvalue weighted by molar-refractivity contribution is 6.04. The number of anilines is 3. The van der Waals surface area contributed by atoms with E-state index in [2.05, 4.69) is 20.6 Å². The molecular formula is C27H20N4O2. The molecule has 160 valence electrons. The molecule has 0 bridgehead atoms. The molecule has 33 heavy (non-hydrogen) atoms. The predicted octanol–water partition coefficient (Wildman–Crippen LogP) is 6.42. The van der Waals surface area contributed by atoms with Crippen molar-refractivity contribution in [3.8, 4) is 11.5 Å². The number of carbonyl (C=O) groups excluding carboxylic acids is 1. The third-order valence-electron chi connectivity index (χ3n) is 5.07. The van der Waals surface area contributed by atoms with Crippen LogP contribution in [-0.4, -0.2) is 15.9 Å². The third-order valence-corrected chi connectivity index (χ3v) is 5.07. The molecule has 0 saturated carbocycles. The van der Waals surface area contributed by atoms with Gasteiger partial charge in [-0.15, -0.1) is 0 Å². The first-order valence-corrected chi connectivity index (χ1v) is 10.4. The van der Waals surface area contributed by atoms with Gasteiger partial charge in [0.2, 0.25) is 0 Å². The highest BCUT2D eigenvalue weighted by Crippen LogP contribution is 2.26. The SMILES string of the molecule is O=C(Nc1ccc(Oc2ccncc2)cc1)c1ccc(Nc2ccnc3ccccc23)cc1. The lowest BCUT2D eigenvalue weighted by Crippen LogP contribution is -2.11. The zero-order valence-electron chi connectivity index (χ0n) is 17.6. The van der Waals surface area contributed by atoms with Crippen LogP contribution in [0.3, 0.4) is 0 Å². The lowest BCUT2D eigenvalue weighted by atomic mass is 10.1. The Balaban J connectivity index is 1.23. The highest BCUT2D eigenvalue weighted by atomic mass is 16.5. The Morgan fingerprint density at radius 3 is 2.18 bits per heavy atom. The molecule has 1 amide bonds. The minimum absolute atomic E-state index is 0.182. The van der Waals surface area contributed by atoms with Crippen molar-refractivity contribution in [1.82, 2.24) is 9.97 Å². The Labute approximate surface area is 190 Å². The summed E-state index contributed by atoms with van der Waals surface area (Å²) in [6, 6.07) is 28.0. The van der Waals surface area contributed by atoms with E-state index in [1.54, 1.807) is 55.0 Å². The van der Waals surface area contributed by atoms with Gasteiger partial charge in [-0.3, -0.25) is 14.8 Å². The number of amides is 1. The van der Waals surface area contributed by atoms with Gasteiger partial charge in [-0.1, -0.05) is 18.2 Å². The van der Waals surface area contributed by atoms with Gasteiger partial charge in [-0.05, 0) is 72.8 Å². The van der Waals surface area contributed by atoms with E-state index >= 15 is 0 Å². The second-order valence-electron chi connectivity index (χ2n) is 7.34. The minimum atomic E-state index is -0.182. The smallest absolute Gasteiger partial charge is 0.255 e. The molecule has 2 aromatic heterocycles. The number of rotatable bonds is 6. The van der Waals surface area contributed by atoms with E-state index in [1.807, 2.05) is 54.6 Å². The zero-order chi connectivity index (χ0) is 22.5. The van der Waals surface area contributed by atoms with Crippen LogP contribution in [-0.2, 0) is 0 Å². The maximum Gasteiger partial charge on any atom is 0.255 e. The molecule has 0 fully saturated rings. The van der Waals surface area contributed by atoms with Crippen molar-refractivity contribution in [3.05, 3.63) is 115 Å². The second kappa shape index (κ2) is 9.20. The second-order valence-corrected chi connectivity index (χ2v) is 7.34. The summed E-state index contributed by atoms with van der Waals surface area (Å²) < 4.78 is 5.75. The van der Waals surface area contributed by atoms with Crippen LogP contribution in [0.4, 0.5) is 17.1 Å². The van der Waals surface area contributed by atoms with Gasteiger partial charge >= 0.3 is 0 Å². The van der Waals surface area contributed by atoms with Crippen molar-refractivity contribution in [2.24, 2.45) is 0 Å². The number of pyridine rings is 2. The van der Waals surface area contributed by atoms with Crippen LogP contribution in [0.5, 0.6) is 11.5 Å². The molecule has 6 heteroatoms. The lowest BCUT2D eigenvalue weighted by molar-refractivity contribution is 0.102. The van der Waals surface area contributed by atoms with Gasteiger partial charge in [0, 0.05) is 46.6 Å². The van der Waals surface area contributed by atoms with Crippen molar-refractivity contribution in [2.75, 3.05) is 10.6 Å². The largest absolute Gasteiger partial charge is 0.457 e. The molecule has 0 aliphatic heterocycles. The van der Waals surface area contributed by atoms with Crippen LogP contribution < -0.4 is 15.4 Å². The number of aromatic nitrogens is 2. The Bertz CT molecular complexity index is 1380.